The predicted molar refractivity (Wildman–Crippen MR) is 91.1 cm³/mol. The standard InChI is InChI=1S/C19H14FN3O3/c1-2-26-19(25)16-15(17(24)12-6-4-3-5-7-12)21-18(23-22-16)13-8-10-14(20)11-9-13/h3-11H,2H2,1H3. The third-order valence-electron chi connectivity index (χ3n) is 3.51. The number of hydrogen-bond acceptors (Lipinski definition) is 6. The zero-order valence-electron chi connectivity index (χ0n) is 13.8. The second kappa shape index (κ2) is 7.60. The number of esters is 1. The number of rotatable bonds is 5. The molecule has 0 amide bonds. The summed E-state index contributed by atoms with van der Waals surface area (Å²) in [4.78, 5) is 29.1. The van der Waals surface area contributed by atoms with Crippen molar-refractivity contribution in [2.24, 2.45) is 0 Å². The summed E-state index contributed by atoms with van der Waals surface area (Å²) in [6, 6.07) is 13.8. The third-order valence-corrected chi connectivity index (χ3v) is 3.51. The first-order valence-corrected chi connectivity index (χ1v) is 7.87. The maximum atomic E-state index is 13.1. The van der Waals surface area contributed by atoms with Crippen molar-refractivity contribution in [1.29, 1.82) is 0 Å². The van der Waals surface area contributed by atoms with Crippen LogP contribution < -0.4 is 0 Å². The molecule has 3 rings (SSSR count). The molecular weight excluding hydrogens is 337 g/mol. The Labute approximate surface area is 148 Å². The molecule has 0 aliphatic rings. The van der Waals surface area contributed by atoms with E-state index < -0.39 is 17.6 Å². The first-order chi connectivity index (χ1) is 12.6. The van der Waals surface area contributed by atoms with E-state index in [-0.39, 0.29) is 23.8 Å². The second-order valence-corrected chi connectivity index (χ2v) is 5.26. The Kier molecular flexibility index (Phi) is 5.07. The van der Waals surface area contributed by atoms with Gasteiger partial charge < -0.3 is 4.74 Å². The minimum absolute atomic E-state index is 0.109. The molecule has 130 valence electrons. The number of ketones is 1. The van der Waals surface area contributed by atoms with Crippen molar-refractivity contribution >= 4 is 11.8 Å². The van der Waals surface area contributed by atoms with Crippen LogP contribution in [0.25, 0.3) is 11.4 Å². The molecule has 0 saturated heterocycles. The van der Waals surface area contributed by atoms with Crippen LogP contribution >= 0.6 is 0 Å². The summed E-state index contributed by atoms with van der Waals surface area (Å²) in [6.45, 7) is 1.77. The van der Waals surface area contributed by atoms with E-state index in [0.29, 0.717) is 11.1 Å². The molecule has 0 atom stereocenters. The fourth-order valence-corrected chi connectivity index (χ4v) is 2.27. The Morgan fingerprint density at radius 1 is 0.962 bits per heavy atom. The Morgan fingerprint density at radius 3 is 2.31 bits per heavy atom. The van der Waals surface area contributed by atoms with Crippen molar-refractivity contribution in [3.05, 3.63) is 77.4 Å². The van der Waals surface area contributed by atoms with E-state index in [1.54, 1.807) is 37.3 Å². The van der Waals surface area contributed by atoms with Gasteiger partial charge in [-0.25, -0.2) is 14.2 Å². The van der Waals surface area contributed by atoms with Crippen molar-refractivity contribution in [2.45, 2.75) is 6.92 Å². The van der Waals surface area contributed by atoms with Gasteiger partial charge in [0, 0.05) is 11.1 Å². The van der Waals surface area contributed by atoms with Gasteiger partial charge >= 0.3 is 5.97 Å². The lowest BCUT2D eigenvalue weighted by Gasteiger charge is -2.08. The van der Waals surface area contributed by atoms with Gasteiger partial charge in [0.2, 0.25) is 11.5 Å². The van der Waals surface area contributed by atoms with Gasteiger partial charge in [-0.2, -0.15) is 0 Å². The summed E-state index contributed by atoms with van der Waals surface area (Å²) < 4.78 is 18.0. The van der Waals surface area contributed by atoms with Crippen molar-refractivity contribution in [2.75, 3.05) is 6.61 Å². The number of carbonyl (C=O) groups excluding carboxylic acids is 2. The van der Waals surface area contributed by atoms with Crippen LogP contribution in [0.2, 0.25) is 0 Å². The number of ether oxygens (including phenoxy) is 1. The minimum Gasteiger partial charge on any atom is -0.461 e. The van der Waals surface area contributed by atoms with Crippen LogP contribution in [-0.2, 0) is 4.74 Å². The molecule has 0 N–H and O–H groups in total. The number of halogens is 1. The maximum Gasteiger partial charge on any atom is 0.361 e. The Balaban J connectivity index is 2.10. The Morgan fingerprint density at radius 2 is 1.65 bits per heavy atom. The molecule has 2 aromatic carbocycles. The first kappa shape index (κ1) is 17.3. The van der Waals surface area contributed by atoms with E-state index in [1.165, 1.54) is 24.3 Å². The number of benzene rings is 2. The van der Waals surface area contributed by atoms with Gasteiger partial charge in [0.25, 0.3) is 0 Å². The molecule has 26 heavy (non-hydrogen) atoms. The third kappa shape index (κ3) is 3.61. The van der Waals surface area contributed by atoms with Gasteiger partial charge in [-0.3, -0.25) is 4.79 Å². The average Bonchev–Trinajstić information content (AvgIpc) is 2.68. The normalized spacial score (nSPS) is 10.4. The predicted octanol–water partition coefficient (Wildman–Crippen LogP) is 3.09. The highest BCUT2D eigenvalue weighted by molar-refractivity contribution is 6.12. The van der Waals surface area contributed by atoms with Crippen LogP contribution in [0.5, 0.6) is 0 Å². The van der Waals surface area contributed by atoms with Gasteiger partial charge in [0.1, 0.15) is 11.5 Å². The Bertz CT molecular complexity index is 944. The molecule has 6 nitrogen and oxygen atoms in total. The summed E-state index contributed by atoms with van der Waals surface area (Å²) in [5, 5.41) is 7.72. The largest absolute Gasteiger partial charge is 0.461 e. The van der Waals surface area contributed by atoms with E-state index in [4.69, 9.17) is 4.74 Å². The lowest BCUT2D eigenvalue weighted by molar-refractivity contribution is 0.0514. The van der Waals surface area contributed by atoms with Crippen LogP contribution in [0.4, 0.5) is 4.39 Å². The first-order valence-electron chi connectivity index (χ1n) is 7.87. The van der Waals surface area contributed by atoms with E-state index >= 15 is 0 Å². The fourth-order valence-electron chi connectivity index (χ4n) is 2.27. The molecule has 0 unspecified atom stereocenters. The molecule has 1 aromatic heterocycles. The van der Waals surface area contributed by atoms with E-state index in [1.807, 2.05) is 0 Å². The lowest BCUT2D eigenvalue weighted by Crippen LogP contribution is -2.18. The summed E-state index contributed by atoms with van der Waals surface area (Å²) >= 11 is 0. The number of aromatic nitrogens is 3. The topological polar surface area (TPSA) is 82.0 Å². The summed E-state index contributed by atoms with van der Waals surface area (Å²) in [5.74, 6) is -1.56. The second-order valence-electron chi connectivity index (χ2n) is 5.26. The monoisotopic (exact) mass is 351 g/mol. The number of nitrogens with zero attached hydrogens (tertiary/aromatic N) is 3. The highest BCUT2D eigenvalue weighted by Gasteiger charge is 2.24. The highest BCUT2D eigenvalue weighted by atomic mass is 19.1. The van der Waals surface area contributed by atoms with Crippen LogP contribution in [0.1, 0.15) is 33.5 Å². The van der Waals surface area contributed by atoms with E-state index in [9.17, 15) is 14.0 Å². The van der Waals surface area contributed by atoms with Gasteiger partial charge in [-0.05, 0) is 31.2 Å². The average molecular weight is 351 g/mol. The molecule has 1 heterocycles. The number of carbonyl (C=O) groups is 2. The van der Waals surface area contributed by atoms with E-state index in [2.05, 4.69) is 15.2 Å². The molecule has 3 aromatic rings. The molecule has 0 saturated carbocycles. The zero-order chi connectivity index (χ0) is 18.5. The molecule has 0 radical (unpaired) electrons. The molecule has 7 heteroatoms. The summed E-state index contributed by atoms with van der Waals surface area (Å²) in [7, 11) is 0. The van der Waals surface area contributed by atoms with Crippen molar-refractivity contribution in [1.82, 2.24) is 15.2 Å². The highest BCUT2D eigenvalue weighted by Crippen LogP contribution is 2.18. The SMILES string of the molecule is CCOC(=O)c1nnc(-c2ccc(F)cc2)nc1C(=O)c1ccccc1. The molecule has 0 fully saturated rings. The quantitative estimate of drug-likeness (QED) is 0.519. The smallest absolute Gasteiger partial charge is 0.361 e. The van der Waals surface area contributed by atoms with Crippen LogP contribution in [-0.4, -0.2) is 33.5 Å². The summed E-state index contributed by atoms with van der Waals surface area (Å²) in [6.07, 6.45) is 0. The fraction of sp³-hybridized carbons (Fsp3) is 0.105. The molecule has 0 bridgehead atoms. The van der Waals surface area contributed by atoms with Crippen molar-refractivity contribution in [3.63, 3.8) is 0 Å². The van der Waals surface area contributed by atoms with Crippen molar-refractivity contribution < 1.29 is 18.7 Å². The molecule has 0 aliphatic heterocycles. The maximum absolute atomic E-state index is 13.1. The molecular formula is C19H14FN3O3. The number of hydrogen-bond donors (Lipinski definition) is 0. The summed E-state index contributed by atoms with van der Waals surface area (Å²) in [5.41, 5.74) is 0.399. The Hall–Kier alpha value is -3.48. The minimum atomic E-state index is -0.780. The van der Waals surface area contributed by atoms with Crippen LogP contribution in [0.3, 0.4) is 0 Å². The van der Waals surface area contributed by atoms with Crippen LogP contribution in [0, 0.1) is 5.82 Å². The zero-order valence-corrected chi connectivity index (χ0v) is 13.8. The van der Waals surface area contributed by atoms with Gasteiger partial charge in [0.15, 0.2) is 5.82 Å². The van der Waals surface area contributed by atoms with Gasteiger partial charge in [0.05, 0.1) is 6.61 Å². The lowest BCUT2D eigenvalue weighted by atomic mass is 10.1. The van der Waals surface area contributed by atoms with Crippen LogP contribution in [0.15, 0.2) is 54.6 Å². The molecule has 0 aliphatic carbocycles. The van der Waals surface area contributed by atoms with Gasteiger partial charge in [-0.15, -0.1) is 10.2 Å². The van der Waals surface area contributed by atoms with Gasteiger partial charge in [-0.1, -0.05) is 30.3 Å². The molecule has 0 spiro atoms. The van der Waals surface area contributed by atoms with E-state index in [0.717, 1.165) is 0 Å². The van der Waals surface area contributed by atoms with Crippen molar-refractivity contribution in [3.8, 4) is 11.4 Å².